The lowest BCUT2D eigenvalue weighted by Crippen LogP contribution is -2.12. The van der Waals surface area contributed by atoms with E-state index in [9.17, 15) is 4.39 Å². The van der Waals surface area contributed by atoms with Crippen molar-refractivity contribution in [1.29, 1.82) is 5.41 Å². The fourth-order valence-corrected chi connectivity index (χ4v) is 1.58. The Balaban J connectivity index is 2.47. The summed E-state index contributed by atoms with van der Waals surface area (Å²) in [4.78, 5) is 0. The van der Waals surface area contributed by atoms with Gasteiger partial charge in [0.05, 0.1) is 10.7 Å². The van der Waals surface area contributed by atoms with Gasteiger partial charge in [-0.25, -0.2) is 9.07 Å². The molecular formula is C10H8BrFN4. The standard InChI is InChI=1S/C10H8BrFN4/c11-7-4-15-16(5-7)9-2-1-6(10(13)14)3-8(9)12/h1-5H,(H3,13,14). The van der Waals surface area contributed by atoms with E-state index in [4.69, 9.17) is 11.1 Å². The predicted octanol–water partition coefficient (Wildman–Crippen LogP) is 2.06. The summed E-state index contributed by atoms with van der Waals surface area (Å²) in [6.45, 7) is 0. The van der Waals surface area contributed by atoms with E-state index in [1.54, 1.807) is 18.5 Å². The highest BCUT2D eigenvalue weighted by atomic mass is 79.9. The topological polar surface area (TPSA) is 67.7 Å². The Morgan fingerprint density at radius 1 is 1.50 bits per heavy atom. The molecule has 0 bridgehead atoms. The molecule has 0 aliphatic rings. The Labute approximate surface area is 99.5 Å². The molecule has 6 heteroatoms. The zero-order chi connectivity index (χ0) is 11.7. The molecule has 1 heterocycles. The van der Waals surface area contributed by atoms with Crippen LogP contribution < -0.4 is 5.73 Å². The fourth-order valence-electron chi connectivity index (χ4n) is 1.29. The van der Waals surface area contributed by atoms with Crippen LogP contribution in [0.1, 0.15) is 5.56 Å². The lowest BCUT2D eigenvalue weighted by Gasteiger charge is -2.04. The second kappa shape index (κ2) is 4.05. The Morgan fingerprint density at radius 3 is 2.75 bits per heavy atom. The fraction of sp³-hybridized carbons (Fsp3) is 0. The second-order valence-corrected chi connectivity index (χ2v) is 4.10. The van der Waals surface area contributed by atoms with Crippen LogP contribution in [0.25, 0.3) is 5.69 Å². The Morgan fingerprint density at radius 2 is 2.25 bits per heavy atom. The Hall–Kier alpha value is -1.69. The van der Waals surface area contributed by atoms with Gasteiger partial charge in [-0.2, -0.15) is 5.10 Å². The molecule has 0 fully saturated rings. The number of rotatable bonds is 2. The van der Waals surface area contributed by atoms with Crippen LogP contribution in [0, 0.1) is 11.2 Å². The van der Waals surface area contributed by atoms with Gasteiger partial charge in [0.25, 0.3) is 0 Å². The van der Waals surface area contributed by atoms with Crippen LogP contribution in [0.3, 0.4) is 0 Å². The third kappa shape index (κ3) is 1.96. The molecule has 2 aromatic rings. The summed E-state index contributed by atoms with van der Waals surface area (Å²) in [6.07, 6.45) is 3.21. The number of aromatic nitrogens is 2. The minimum Gasteiger partial charge on any atom is -0.384 e. The number of halogens is 2. The highest BCUT2D eigenvalue weighted by molar-refractivity contribution is 9.10. The molecule has 0 atom stereocenters. The maximum Gasteiger partial charge on any atom is 0.149 e. The van der Waals surface area contributed by atoms with Crippen molar-refractivity contribution in [3.8, 4) is 5.69 Å². The summed E-state index contributed by atoms with van der Waals surface area (Å²) >= 11 is 3.23. The molecule has 0 saturated heterocycles. The number of amidine groups is 1. The minimum atomic E-state index is -0.469. The highest BCUT2D eigenvalue weighted by Gasteiger charge is 2.07. The molecule has 2 rings (SSSR count). The van der Waals surface area contributed by atoms with Crippen molar-refractivity contribution in [1.82, 2.24) is 9.78 Å². The third-order valence-electron chi connectivity index (χ3n) is 2.06. The first-order valence-corrected chi connectivity index (χ1v) is 5.22. The molecule has 0 aliphatic carbocycles. The van der Waals surface area contributed by atoms with Gasteiger partial charge in [0, 0.05) is 11.8 Å². The maximum absolute atomic E-state index is 13.7. The zero-order valence-electron chi connectivity index (χ0n) is 8.11. The molecule has 3 N–H and O–H groups in total. The van der Waals surface area contributed by atoms with Crippen LogP contribution in [0.4, 0.5) is 4.39 Å². The molecule has 0 saturated carbocycles. The molecule has 0 aliphatic heterocycles. The second-order valence-electron chi connectivity index (χ2n) is 3.18. The summed E-state index contributed by atoms with van der Waals surface area (Å²) < 4.78 is 15.8. The van der Waals surface area contributed by atoms with Crippen LogP contribution in [0.15, 0.2) is 35.1 Å². The molecular weight excluding hydrogens is 275 g/mol. The average molecular weight is 283 g/mol. The van der Waals surface area contributed by atoms with Crippen molar-refractivity contribution in [3.05, 3.63) is 46.4 Å². The molecule has 0 spiro atoms. The molecule has 0 radical (unpaired) electrons. The Bertz CT molecular complexity index is 550. The SMILES string of the molecule is N=C(N)c1ccc(-n2cc(Br)cn2)c(F)c1. The molecule has 0 unspecified atom stereocenters. The number of nitrogen functional groups attached to an aromatic ring is 1. The number of hydrogen-bond acceptors (Lipinski definition) is 2. The molecule has 82 valence electrons. The number of nitrogens with zero attached hydrogens (tertiary/aromatic N) is 2. The zero-order valence-corrected chi connectivity index (χ0v) is 9.70. The number of nitrogens with two attached hydrogens (primary N) is 1. The van der Waals surface area contributed by atoms with Gasteiger partial charge in [-0.3, -0.25) is 5.41 Å². The molecule has 1 aromatic carbocycles. The van der Waals surface area contributed by atoms with Gasteiger partial charge in [-0.1, -0.05) is 0 Å². The summed E-state index contributed by atoms with van der Waals surface area (Å²) in [5, 5.41) is 11.2. The van der Waals surface area contributed by atoms with Crippen molar-refractivity contribution in [3.63, 3.8) is 0 Å². The summed E-state index contributed by atoms with van der Waals surface area (Å²) in [5.41, 5.74) is 5.93. The van der Waals surface area contributed by atoms with Gasteiger partial charge in [-0.05, 0) is 34.1 Å². The van der Waals surface area contributed by atoms with Crippen LogP contribution >= 0.6 is 15.9 Å². The average Bonchev–Trinajstić information content (AvgIpc) is 2.64. The first-order valence-electron chi connectivity index (χ1n) is 4.42. The van der Waals surface area contributed by atoms with E-state index in [0.717, 1.165) is 4.47 Å². The van der Waals surface area contributed by atoms with Crippen LogP contribution in [-0.4, -0.2) is 15.6 Å². The quantitative estimate of drug-likeness (QED) is 0.654. The smallest absolute Gasteiger partial charge is 0.149 e. The number of hydrogen-bond donors (Lipinski definition) is 2. The van der Waals surface area contributed by atoms with Crippen LogP contribution in [0.2, 0.25) is 0 Å². The molecule has 1 aromatic heterocycles. The largest absolute Gasteiger partial charge is 0.384 e. The van der Waals surface area contributed by atoms with Gasteiger partial charge in [0.15, 0.2) is 0 Å². The number of benzene rings is 1. The first kappa shape index (κ1) is 10.8. The van der Waals surface area contributed by atoms with Gasteiger partial charge in [0.1, 0.15) is 17.3 Å². The lowest BCUT2D eigenvalue weighted by molar-refractivity contribution is 0.610. The van der Waals surface area contributed by atoms with E-state index < -0.39 is 5.82 Å². The third-order valence-corrected chi connectivity index (χ3v) is 2.47. The van der Waals surface area contributed by atoms with Crippen molar-refractivity contribution in [2.75, 3.05) is 0 Å². The van der Waals surface area contributed by atoms with E-state index in [-0.39, 0.29) is 5.84 Å². The van der Waals surface area contributed by atoms with E-state index in [1.165, 1.54) is 16.8 Å². The Kier molecular flexibility index (Phi) is 2.74. The molecule has 0 amide bonds. The summed E-state index contributed by atoms with van der Waals surface area (Å²) in [7, 11) is 0. The van der Waals surface area contributed by atoms with Gasteiger partial charge >= 0.3 is 0 Å². The maximum atomic E-state index is 13.7. The van der Waals surface area contributed by atoms with Crippen LogP contribution in [-0.2, 0) is 0 Å². The van der Waals surface area contributed by atoms with Gasteiger partial charge in [-0.15, -0.1) is 0 Å². The first-order chi connectivity index (χ1) is 7.58. The van der Waals surface area contributed by atoms with Crippen molar-refractivity contribution in [2.45, 2.75) is 0 Å². The van der Waals surface area contributed by atoms with E-state index >= 15 is 0 Å². The number of nitrogens with one attached hydrogen (secondary N) is 1. The van der Waals surface area contributed by atoms with E-state index in [2.05, 4.69) is 21.0 Å². The van der Waals surface area contributed by atoms with Gasteiger partial charge in [0.2, 0.25) is 0 Å². The summed E-state index contributed by atoms with van der Waals surface area (Å²) in [5.74, 6) is -0.629. The van der Waals surface area contributed by atoms with Crippen molar-refractivity contribution in [2.24, 2.45) is 5.73 Å². The normalized spacial score (nSPS) is 10.4. The minimum absolute atomic E-state index is 0.160. The van der Waals surface area contributed by atoms with Crippen molar-refractivity contribution < 1.29 is 4.39 Å². The summed E-state index contributed by atoms with van der Waals surface area (Å²) in [6, 6.07) is 4.33. The molecule has 16 heavy (non-hydrogen) atoms. The van der Waals surface area contributed by atoms with Crippen molar-refractivity contribution >= 4 is 21.8 Å². The lowest BCUT2D eigenvalue weighted by atomic mass is 10.2. The van der Waals surface area contributed by atoms with E-state index in [0.29, 0.717) is 11.3 Å². The molecule has 4 nitrogen and oxygen atoms in total. The monoisotopic (exact) mass is 282 g/mol. The predicted molar refractivity (Wildman–Crippen MR) is 62.2 cm³/mol. The van der Waals surface area contributed by atoms with Crippen LogP contribution in [0.5, 0.6) is 0 Å². The highest BCUT2D eigenvalue weighted by Crippen LogP contribution is 2.16. The van der Waals surface area contributed by atoms with Gasteiger partial charge < -0.3 is 5.73 Å². The van der Waals surface area contributed by atoms with E-state index in [1.807, 2.05) is 0 Å².